The lowest BCUT2D eigenvalue weighted by Crippen LogP contribution is -2.24. The van der Waals surface area contributed by atoms with Crippen molar-refractivity contribution in [3.63, 3.8) is 0 Å². The minimum Gasteiger partial charge on any atom is -0.495 e. The molecule has 0 amide bonds. The molecule has 0 saturated heterocycles. The van der Waals surface area contributed by atoms with E-state index in [4.69, 9.17) is 4.74 Å². The molecule has 0 radical (unpaired) electrons. The number of hydrogen-bond acceptors (Lipinski definition) is 6. The van der Waals surface area contributed by atoms with Gasteiger partial charge in [0, 0.05) is 12.6 Å². The fourth-order valence-corrected chi connectivity index (χ4v) is 3.04. The predicted molar refractivity (Wildman–Crippen MR) is 76.3 cm³/mol. The average molecular weight is 311 g/mol. The van der Waals surface area contributed by atoms with Crippen molar-refractivity contribution in [3.8, 4) is 5.75 Å². The van der Waals surface area contributed by atoms with Gasteiger partial charge in [0.2, 0.25) is 10.0 Å². The smallest absolute Gasteiger partial charge is 0.244 e. The zero-order valence-electron chi connectivity index (χ0n) is 11.8. The van der Waals surface area contributed by atoms with Crippen molar-refractivity contribution in [2.45, 2.75) is 18.0 Å². The van der Waals surface area contributed by atoms with Crippen molar-refractivity contribution >= 4 is 10.0 Å². The molecule has 114 valence electrons. The monoisotopic (exact) mass is 311 g/mol. The van der Waals surface area contributed by atoms with E-state index in [9.17, 15) is 8.42 Å². The summed E-state index contributed by atoms with van der Waals surface area (Å²) in [7, 11) is -0.477. The molecule has 0 unspecified atom stereocenters. The van der Waals surface area contributed by atoms with Crippen LogP contribution >= 0.6 is 0 Å². The Labute approximate surface area is 123 Å². The van der Waals surface area contributed by atoms with Gasteiger partial charge in [0.1, 0.15) is 16.9 Å². The van der Waals surface area contributed by atoms with Crippen LogP contribution in [0.3, 0.4) is 0 Å². The summed E-state index contributed by atoms with van der Waals surface area (Å²) in [5.74, 6) is 0.294. The van der Waals surface area contributed by atoms with E-state index in [1.807, 2.05) is 6.07 Å². The average Bonchev–Trinajstić information content (AvgIpc) is 2.99. The van der Waals surface area contributed by atoms with Crippen LogP contribution in [0.5, 0.6) is 5.75 Å². The lowest BCUT2D eigenvalue weighted by atomic mass is 10.2. The molecule has 21 heavy (non-hydrogen) atoms. The van der Waals surface area contributed by atoms with Crippen LogP contribution in [0.25, 0.3) is 0 Å². The minimum absolute atomic E-state index is 0.0538. The number of benzene rings is 1. The van der Waals surface area contributed by atoms with Crippen LogP contribution in [0.1, 0.15) is 11.3 Å². The summed E-state index contributed by atoms with van der Waals surface area (Å²) in [6.07, 6.45) is 1.39. The second kappa shape index (κ2) is 6.70. The normalized spacial score (nSPS) is 11.5. The summed E-state index contributed by atoms with van der Waals surface area (Å²) in [5.41, 5.74) is 1.35. The first-order valence-electron chi connectivity index (χ1n) is 6.27. The molecule has 0 aliphatic heterocycles. The maximum Gasteiger partial charge on any atom is 0.244 e. The molecule has 7 nitrogen and oxygen atoms in total. The first kappa shape index (κ1) is 15.5. The predicted octanol–water partition coefficient (Wildman–Crippen LogP) is 0.881. The molecule has 2 N–H and O–H groups in total. The van der Waals surface area contributed by atoms with E-state index >= 15 is 0 Å². The van der Waals surface area contributed by atoms with Gasteiger partial charge in [0.15, 0.2) is 0 Å². The Morgan fingerprint density at radius 2 is 2.10 bits per heavy atom. The topological polar surface area (TPSA) is 93.5 Å². The Morgan fingerprint density at radius 1 is 1.29 bits per heavy atom. The van der Waals surface area contributed by atoms with Gasteiger partial charge in [-0.05, 0) is 24.7 Å². The molecule has 0 aliphatic carbocycles. The number of aromatic nitrogens is 1. The Hall–Kier alpha value is -1.90. The van der Waals surface area contributed by atoms with Gasteiger partial charge >= 0.3 is 0 Å². The highest BCUT2D eigenvalue weighted by Crippen LogP contribution is 2.25. The third-order valence-electron chi connectivity index (χ3n) is 2.83. The fourth-order valence-electron chi connectivity index (χ4n) is 1.82. The Morgan fingerprint density at radius 3 is 2.71 bits per heavy atom. The van der Waals surface area contributed by atoms with Gasteiger partial charge in [-0.25, -0.2) is 13.1 Å². The van der Waals surface area contributed by atoms with Gasteiger partial charge in [-0.15, -0.1) is 0 Å². The molecule has 0 spiro atoms. The molecule has 0 bridgehead atoms. The molecule has 1 heterocycles. The summed E-state index contributed by atoms with van der Waals surface area (Å²) in [6.45, 7) is 0.619. The first-order valence-corrected chi connectivity index (χ1v) is 7.75. The highest BCUT2D eigenvalue weighted by molar-refractivity contribution is 7.89. The van der Waals surface area contributed by atoms with Gasteiger partial charge in [-0.1, -0.05) is 11.2 Å². The van der Waals surface area contributed by atoms with Crippen molar-refractivity contribution in [2.75, 3.05) is 14.2 Å². The molecule has 0 aliphatic rings. The van der Waals surface area contributed by atoms with E-state index in [1.165, 1.54) is 13.4 Å². The number of nitrogens with zero attached hydrogens (tertiary/aromatic N) is 1. The SMILES string of the molecule is CNCc1ccc(OC)c(S(=O)(=O)NCc2ccon2)c1. The van der Waals surface area contributed by atoms with Gasteiger partial charge in [-0.3, -0.25) is 0 Å². The maximum absolute atomic E-state index is 12.4. The lowest BCUT2D eigenvalue weighted by Gasteiger charge is -2.12. The summed E-state index contributed by atoms with van der Waals surface area (Å²) in [4.78, 5) is 0.0984. The quantitative estimate of drug-likeness (QED) is 0.788. The molecule has 1 aromatic heterocycles. The van der Waals surface area contributed by atoms with E-state index in [0.717, 1.165) is 5.56 Å². The van der Waals surface area contributed by atoms with Crippen LogP contribution in [0.4, 0.5) is 0 Å². The second-order valence-corrected chi connectivity index (χ2v) is 6.07. The van der Waals surface area contributed by atoms with Crippen molar-refractivity contribution in [1.82, 2.24) is 15.2 Å². The number of rotatable bonds is 7. The summed E-state index contributed by atoms with van der Waals surface area (Å²) in [6, 6.07) is 6.63. The first-order chi connectivity index (χ1) is 10.1. The van der Waals surface area contributed by atoms with Crippen LogP contribution in [-0.4, -0.2) is 27.7 Å². The number of ether oxygens (including phenoxy) is 1. The highest BCUT2D eigenvalue weighted by Gasteiger charge is 2.20. The summed E-state index contributed by atoms with van der Waals surface area (Å²) in [5, 5.41) is 6.64. The van der Waals surface area contributed by atoms with E-state index in [-0.39, 0.29) is 11.4 Å². The van der Waals surface area contributed by atoms with Crippen LogP contribution in [0.2, 0.25) is 0 Å². The van der Waals surface area contributed by atoms with E-state index < -0.39 is 10.0 Å². The largest absolute Gasteiger partial charge is 0.495 e. The zero-order valence-corrected chi connectivity index (χ0v) is 12.6. The summed E-state index contributed by atoms with van der Waals surface area (Å²) >= 11 is 0. The van der Waals surface area contributed by atoms with Crippen molar-refractivity contribution in [2.24, 2.45) is 0 Å². The molecule has 0 saturated carbocycles. The lowest BCUT2D eigenvalue weighted by molar-refractivity contribution is 0.401. The Kier molecular flexibility index (Phi) is 4.94. The van der Waals surface area contributed by atoms with E-state index in [0.29, 0.717) is 18.0 Å². The number of hydrogen-bond donors (Lipinski definition) is 2. The molecule has 8 heteroatoms. The van der Waals surface area contributed by atoms with Crippen LogP contribution in [-0.2, 0) is 23.1 Å². The second-order valence-electron chi connectivity index (χ2n) is 4.33. The van der Waals surface area contributed by atoms with Crippen LogP contribution in [0, 0.1) is 0 Å². The third-order valence-corrected chi connectivity index (χ3v) is 4.26. The molecule has 1 aromatic carbocycles. The van der Waals surface area contributed by atoms with Gasteiger partial charge < -0.3 is 14.6 Å². The number of nitrogens with one attached hydrogen (secondary N) is 2. The van der Waals surface area contributed by atoms with Gasteiger partial charge in [-0.2, -0.15) is 0 Å². The Bertz CT molecular complexity index is 683. The molecule has 2 rings (SSSR count). The van der Waals surface area contributed by atoms with E-state index in [2.05, 4.69) is 19.7 Å². The molecule has 0 atom stereocenters. The molecular formula is C13H17N3O4S. The third kappa shape index (κ3) is 3.81. The highest BCUT2D eigenvalue weighted by atomic mass is 32.2. The molecule has 2 aromatic rings. The Balaban J connectivity index is 2.26. The standard InChI is InChI=1S/C13H17N3O4S/c1-14-8-10-3-4-12(19-2)13(7-10)21(17,18)15-9-11-5-6-20-16-11/h3-7,14-15H,8-9H2,1-2H3. The number of sulfonamides is 1. The van der Waals surface area contributed by atoms with Crippen molar-refractivity contribution < 1.29 is 17.7 Å². The molecular weight excluding hydrogens is 294 g/mol. The molecule has 0 fully saturated rings. The number of methoxy groups -OCH3 is 1. The zero-order chi connectivity index (χ0) is 15.3. The van der Waals surface area contributed by atoms with Crippen molar-refractivity contribution in [3.05, 3.63) is 41.8 Å². The van der Waals surface area contributed by atoms with Crippen LogP contribution in [0.15, 0.2) is 39.9 Å². The summed E-state index contributed by atoms with van der Waals surface area (Å²) < 4.78 is 37.1. The fraction of sp³-hybridized carbons (Fsp3) is 0.308. The van der Waals surface area contributed by atoms with Crippen molar-refractivity contribution in [1.29, 1.82) is 0 Å². The van der Waals surface area contributed by atoms with Gasteiger partial charge in [0.25, 0.3) is 0 Å². The maximum atomic E-state index is 12.4. The van der Waals surface area contributed by atoms with Gasteiger partial charge in [0.05, 0.1) is 19.3 Å². The van der Waals surface area contributed by atoms with Crippen LogP contribution < -0.4 is 14.8 Å². The van der Waals surface area contributed by atoms with E-state index in [1.54, 1.807) is 25.2 Å². The minimum atomic E-state index is -3.70.